The number of nitrogens with one attached hydrogen (secondary N) is 1. The first kappa shape index (κ1) is 9.62. The van der Waals surface area contributed by atoms with Gasteiger partial charge in [-0.3, -0.25) is 5.32 Å². The molecular formula is C8H11BrClN3. The second kappa shape index (κ2) is 4.07. The van der Waals surface area contributed by atoms with E-state index in [1.807, 2.05) is 0 Å². The molecule has 0 saturated heterocycles. The molecule has 0 aromatic heterocycles. The quantitative estimate of drug-likeness (QED) is 0.763. The van der Waals surface area contributed by atoms with Crippen molar-refractivity contribution in [1.29, 1.82) is 0 Å². The van der Waals surface area contributed by atoms with Crippen molar-refractivity contribution in [3.63, 3.8) is 0 Å². The smallest absolute Gasteiger partial charge is 0.220 e. The highest BCUT2D eigenvalue weighted by Gasteiger charge is 2.24. The predicted molar refractivity (Wildman–Crippen MR) is 58.8 cm³/mol. The number of halogens is 2. The Labute approximate surface area is 90.8 Å². The number of hydrogen-bond donors (Lipinski definition) is 1. The van der Waals surface area contributed by atoms with E-state index in [0.29, 0.717) is 11.3 Å². The molecule has 72 valence electrons. The fraction of sp³-hybridized carbons (Fsp3) is 0.750. The molecule has 0 radical (unpaired) electrons. The van der Waals surface area contributed by atoms with Crippen molar-refractivity contribution in [3.8, 4) is 0 Å². The van der Waals surface area contributed by atoms with E-state index < -0.39 is 0 Å². The zero-order valence-corrected chi connectivity index (χ0v) is 9.48. The molecule has 1 N–H and O–H groups in total. The Kier molecular flexibility index (Phi) is 3.01. The zero-order valence-electron chi connectivity index (χ0n) is 7.13. The van der Waals surface area contributed by atoms with Crippen molar-refractivity contribution in [2.24, 2.45) is 9.98 Å². The highest BCUT2D eigenvalue weighted by atomic mass is 79.9. The van der Waals surface area contributed by atoms with Crippen LogP contribution < -0.4 is 5.32 Å². The van der Waals surface area contributed by atoms with Gasteiger partial charge in [0.2, 0.25) is 5.29 Å². The van der Waals surface area contributed by atoms with Crippen molar-refractivity contribution >= 4 is 37.4 Å². The van der Waals surface area contributed by atoms with Gasteiger partial charge in [0, 0.05) is 6.04 Å². The third kappa shape index (κ3) is 2.30. The van der Waals surface area contributed by atoms with Crippen LogP contribution in [-0.4, -0.2) is 22.1 Å². The van der Waals surface area contributed by atoms with E-state index in [2.05, 4.69) is 31.2 Å². The molecule has 1 saturated carbocycles. The van der Waals surface area contributed by atoms with Crippen LogP contribution in [0.2, 0.25) is 0 Å². The number of hydrogen-bond acceptors (Lipinski definition) is 3. The molecule has 1 fully saturated rings. The topological polar surface area (TPSA) is 36.8 Å². The van der Waals surface area contributed by atoms with Gasteiger partial charge in [-0.2, -0.15) is 0 Å². The number of rotatable bonds is 2. The minimum absolute atomic E-state index is 0.0457. The van der Waals surface area contributed by atoms with Crippen LogP contribution in [0.1, 0.15) is 25.7 Å². The van der Waals surface area contributed by atoms with E-state index >= 15 is 0 Å². The SMILES string of the molecule is ClC1=N[C@@H](NC2CCCC2)C(Br)=N1. The first-order valence-corrected chi connectivity index (χ1v) is 5.66. The molecular weight excluding hydrogens is 253 g/mol. The van der Waals surface area contributed by atoms with Crippen molar-refractivity contribution in [1.82, 2.24) is 5.32 Å². The summed E-state index contributed by atoms with van der Waals surface area (Å²) in [6.07, 6.45) is 5.07. The molecule has 13 heavy (non-hydrogen) atoms. The van der Waals surface area contributed by atoms with Crippen LogP contribution in [0.5, 0.6) is 0 Å². The van der Waals surface area contributed by atoms with E-state index in [1.165, 1.54) is 25.7 Å². The van der Waals surface area contributed by atoms with Crippen molar-refractivity contribution in [3.05, 3.63) is 0 Å². The zero-order chi connectivity index (χ0) is 9.26. The summed E-state index contributed by atoms with van der Waals surface area (Å²) in [6.45, 7) is 0. The summed E-state index contributed by atoms with van der Waals surface area (Å²) in [7, 11) is 0. The molecule has 0 unspecified atom stereocenters. The van der Waals surface area contributed by atoms with E-state index in [1.54, 1.807) is 0 Å². The summed E-state index contributed by atoms with van der Waals surface area (Å²) < 4.78 is 0.796. The second-order valence-electron chi connectivity index (χ2n) is 3.38. The van der Waals surface area contributed by atoms with Gasteiger partial charge in [0.05, 0.1) is 0 Å². The highest BCUT2D eigenvalue weighted by molar-refractivity contribution is 9.18. The molecule has 1 heterocycles. The van der Waals surface area contributed by atoms with Gasteiger partial charge in [-0.15, -0.1) is 0 Å². The van der Waals surface area contributed by atoms with Crippen molar-refractivity contribution < 1.29 is 0 Å². The lowest BCUT2D eigenvalue weighted by Gasteiger charge is -2.15. The van der Waals surface area contributed by atoms with Gasteiger partial charge >= 0.3 is 0 Å². The summed E-state index contributed by atoms with van der Waals surface area (Å²) in [6, 6.07) is 0.582. The lowest BCUT2D eigenvalue weighted by molar-refractivity contribution is 0.506. The van der Waals surface area contributed by atoms with Gasteiger partial charge in [-0.1, -0.05) is 12.8 Å². The van der Waals surface area contributed by atoms with Gasteiger partial charge in [0.15, 0.2) is 6.17 Å². The first-order valence-electron chi connectivity index (χ1n) is 4.49. The van der Waals surface area contributed by atoms with Crippen LogP contribution in [0, 0.1) is 0 Å². The normalized spacial score (nSPS) is 29.2. The first-order chi connectivity index (χ1) is 6.25. The van der Waals surface area contributed by atoms with Gasteiger partial charge in [-0.05, 0) is 40.4 Å². The Morgan fingerprint density at radius 3 is 2.62 bits per heavy atom. The highest BCUT2D eigenvalue weighted by Crippen LogP contribution is 2.20. The molecule has 1 aliphatic heterocycles. The Morgan fingerprint density at radius 1 is 1.38 bits per heavy atom. The number of nitrogens with zero attached hydrogens (tertiary/aromatic N) is 2. The molecule has 0 spiro atoms. The second-order valence-corrected chi connectivity index (χ2v) is 4.53. The van der Waals surface area contributed by atoms with Crippen molar-refractivity contribution in [2.75, 3.05) is 0 Å². The average molecular weight is 265 g/mol. The van der Waals surface area contributed by atoms with Crippen LogP contribution in [0.3, 0.4) is 0 Å². The van der Waals surface area contributed by atoms with E-state index in [9.17, 15) is 0 Å². The standard InChI is InChI=1S/C8H11BrClN3/c9-6-7(13-8(10)12-6)11-5-3-1-2-4-5/h5,7,11H,1-4H2/t7-/m1/s1. The largest absolute Gasteiger partial charge is 0.287 e. The van der Waals surface area contributed by atoms with Crippen LogP contribution in [0.4, 0.5) is 0 Å². The van der Waals surface area contributed by atoms with E-state index in [-0.39, 0.29) is 6.17 Å². The summed E-state index contributed by atoms with van der Waals surface area (Å²) in [5.41, 5.74) is 0. The monoisotopic (exact) mass is 263 g/mol. The van der Waals surface area contributed by atoms with Gasteiger partial charge < -0.3 is 0 Å². The molecule has 2 rings (SSSR count). The summed E-state index contributed by atoms with van der Waals surface area (Å²) in [5, 5.41) is 3.74. The molecule has 1 aliphatic carbocycles. The van der Waals surface area contributed by atoms with Crippen LogP contribution in [0.15, 0.2) is 9.98 Å². The predicted octanol–water partition coefficient (Wildman–Crippen LogP) is 2.25. The maximum atomic E-state index is 5.68. The van der Waals surface area contributed by atoms with Gasteiger partial charge in [0.1, 0.15) is 4.62 Å². The van der Waals surface area contributed by atoms with Crippen LogP contribution in [-0.2, 0) is 0 Å². The summed E-state index contributed by atoms with van der Waals surface area (Å²) >= 11 is 9.02. The average Bonchev–Trinajstić information content (AvgIpc) is 2.63. The minimum Gasteiger partial charge on any atom is -0.287 e. The third-order valence-corrected chi connectivity index (χ3v) is 3.20. The molecule has 0 bridgehead atoms. The van der Waals surface area contributed by atoms with Crippen LogP contribution in [0.25, 0.3) is 0 Å². The number of aliphatic imine (C=N–C) groups is 2. The molecule has 3 nitrogen and oxygen atoms in total. The molecule has 2 aliphatic rings. The summed E-state index contributed by atoms with van der Waals surface area (Å²) in [4.78, 5) is 8.15. The van der Waals surface area contributed by atoms with Crippen LogP contribution >= 0.6 is 27.5 Å². The fourth-order valence-electron chi connectivity index (χ4n) is 1.76. The fourth-order valence-corrected chi connectivity index (χ4v) is 2.45. The maximum Gasteiger partial charge on any atom is 0.220 e. The maximum absolute atomic E-state index is 5.68. The van der Waals surface area contributed by atoms with Crippen molar-refractivity contribution in [2.45, 2.75) is 37.9 Å². The lowest BCUT2D eigenvalue weighted by atomic mass is 10.2. The van der Waals surface area contributed by atoms with Gasteiger partial charge in [-0.25, -0.2) is 9.98 Å². The van der Waals surface area contributed by atoms with E-state index in [4.69, 9.17) is 11.6 Å². The third-order valence-electron chi connectivity index (χ3n) is 2.41. The molecule has 0 aromatic carbocycles. The Balaban J connectivity index is 1.91. The lowest BCUT2D eigenvalue weighted by Crippen LogP contribution is -2.37. The van der Waals surface area contributed by atoms with Gasteiger partial charge in [0.25, 0.3) is 0 Å². The Hall–Kier alpha value is 0.0700. The molecule has 0 aromatic rings. The Morgan fingerprint density at radius 2 is 2.08 bits per heavy atom. The number of amidine groups is 1. The van der Waals surface area contributed by atoms with E-state index in [0.717, 1.165) is 4.62 Å². The Bertz CT molecular complexity index is 258. The molecule has 1 atom stereocenters. The molecule has 5 heteroatoms. The summed E-state index contributed by atoms with van der Waals surface area (Å²) in [5.74, 6) is 0. The minimum atomic E-state index is -0.0457. The molecule has 0 amide bonds.